The summed E-state index contributed by atoms with van der Waals surface area (Å²) in [5.41, 5.74) is 1.22. The fraction of sp³-hybridized carbons (Fsp3) is 0.688. The van der Waals surface area contributed by atoms with Crippen LogP contribution in [0, 0.1) is 0 Å². The fourth-order valence-electron chi connectivity index (χ4n) is 3.31. The van der Waals surface area contributed by atoms with Gasteiger partial charge in [-0.2, -0.15) is 5.10 Å². The number of ether oxygens (including phenoxy) is 2. The van der Waals surface area contributed by atoms with Gasteiger partial charge in [-0.3, -0.25) is 14.7 Å². The molecule has 2 saturated heterocycles. The van der Waals surface area contributed by atoms with Gasteiger partial charge >= 0.3 is 0 Å². The molecule has 0 radical (unpaired) electrons. The van der Waals surface area contributed by atoms with Crippen molar-refractivity contribution in [3.05, 3.63) is 17.5 Å². The van der Waals surface area contributed by atoms with Gasteiger partial charge in [0.2, 0.25) is 5.91 Å². The standard InChI is InChI=1S/C16H24N4O4/c1-23-11-15(21)20-5-3-2-4-14(20)12-10-13(18-17-12)16(22)19-6-8-24-9-7-19/h10,14H,2-9,11H2,1H3,(H,17,18). The van der Waals surface area contributed by atoms with E-state index in [0.717, 1.165) is 25.0 Å². The van der Waals surface area contributed by atoms with Crippen LogP contribution in [0.2, 0.25) is 0 Å². The molecule has 24 heavy (non-hydrogen) atoms. The van der Waals surface area contributed by atoms with Crippen LogP contribution in [0.5, 0.6) is 0 Å². The Labute approximate surface area is 141 Å². The number of H-pyrrole nitrogens is 1. The number of morpholine rings is 1. The van der Waals surface area contributed by atoms with Crippen molar-refractivity contribution >= 4 is 11.8 Å². The van der Waals surface area contributed by atoms with Gasteiger partial charge in [0, 0.05) is 26.7 Å². The molecule has 1 atom stereocenters. The molecule has 2 aliphatic rings. The Kier molecular flexibility index (Phi) is 5.47. The molecule has 1 N–H and O–H groups in total. The van der Waals surface area contributed by atoms with Crippen molar-refractivity contribution in [1.82, 2.24) is 20.0 Å². The zero-order chi connectivity index (χ0) is 16.9. The molecule has 0 bridgehead atoms. The lowest BCUT2D eigenvalue weighted by Crippen LogP contribution is -2.41. The highest BCUT2D eigenvalue weighted by Crippen LogP contribution is 2.30. The first-order valence-corrected chi connectivity index (χ1v) is 8.41. The molecule has 3 rings (SSSR count). The van der Waals surface area contributed by atoms with Gasteiger partial charge in [-0.25, -0.2) is 0 Å². The summed E-state index contributed by atoms with van der Waals surface area (Å²) in [6.07, 6.45) is 2.90. The monoisotopic (exact) mass is 336 g/mol. The van der Waals surface area contributed by atoms with Crippen LogP contribution in [0.1, 0.15) is 41.5 Å². The van der Waals surface area contributed by atoms with Crippen molar-refractivity contribution in [2.45, 2.75) is 25.3 Å². The SMILES string of the molecule is COCC(=O)N1CCCCC1c1cc(C(=O)N2CCOCC2)n[nH]1. The van der Waals surface area contributed by atoms with Crippen molar-refractivity contribution in [1.29, 1.82) is 0 Å². The Morgan fingerprint density at radius 1 is 1.33 bits per heavy atom. The predicted octanol–water partition coefficient (Wildman–Crippen LogP) is 0.582. The summed E-state index contributed by atoms with van der Waals surface area (Å²) in [4.78, 5) is 28.3. The third-order valence-electron chi connectivity index (χ3n) is 4.57. The molecule has 2 fully saturated rings. The second kappa shape index (κ2) is 7.76. The molecule has 132 valence electrons. The molecule has 1 aromatic rings. The molecule has 1 unspecified atom stereocenters. The average Bonchev–Trinajstić information content (AvgIpc) is 3.12. The third-order valence-corrected chi connectivity index (χ3v) is 4.57. The molecular formula is C16H24N4O4. The number of aromatic nitrogens is 2. The Bertz CT molecular complexity index is 582. The van der Waals surface area contributed by atoms with Crippen molar-refractivity contribution < 1.29 is 19.1 Å². The smallest absolute Gasteiger partial charge is 0.274 e. The van der Waals surface area contributed by atoms with Gasteiger partial charge in [-0.1, -0.05) is 0 Å². The average molecular weight is 336 g/mol. The first-order valence-electron chi connectivity index (χ1n) is 8.41. The van der Waals surface area contributed by atoms with E-state index in [1.807, 2.05) is 4.90 Å². The van der Waals surface area contributed by atoms with E-state index in [1.54, 1.807) is 11.0 Å². The van der Waals surface area contributed by atoms with E-state index >= 15 is 0 Å². The summed E-state index contributed by atoms with van der Waals surface area (Å²) < 4.78 is 10.2. The van der Waals surface area contributed by atoms with Gasteiger partial charge < -0.3 is 19.3 Å². The van der Waals surface area contributed by atoms with Crippen LogP contribution in [0.25, 0.3) is 0 Å². The Morgan fingerprint density at radius 2 is 2.12 bits per heavy atom. The molecule has 0 saturated carbocycles. The number of nitrogens with one attached hydrogen (secondary N) is 1. The van der Waals surface area contributed by atoms with Gasteiger partial charge in [-0.05, 0) is 25.3 Å². The Morgan fingerprint density at radius 3 is 2.88 bits per heavy atom. The van der Waals surface area contributed by atoms with E-state index in [1.165, 1.54) is 7.11 Å². The van der Waals surface area contributed by atoms with Crippen LogP contribution >= 0.6 is 0 Å². The van der Waals surface area contributed by atoms with E-state index < -0.39 is 0 Å². The molecule has 3 heterocycles. The van der Waals surface area contributed by atoms with Crippen molar-refractivity contribution in [3.63, 3.8) is 0 Å². The van der Waals surface area contributed by atoms with Crippen LogP contribution in [0.3, 0.4) is 0 Å². The minimum atomic E-state index is -0.0913. The predicted molar refractivity (Wildman–Crippen MR) is 85.5 cm³/mol. The fourth-order valence-corrected chi connectivity index (χ4v) is 3.31. The number of hydrogen-bond donors (Lipinski definition) is 1. The maximum absolute atomic E-state index is 12.5. The maximum Gasteiger partial charge on any atom is 0.274 e. The van der Waals surface area contributed by atoms with Crippen molar-refractivity contribution in [3.8, 4) is 0 Å². The summed E-state index contributed by atoms with van der Waals surface area (Å²) in [6.45, 7) is 3.07. The second-order valence-electron chi connectivity index (χ2n) is 6.14. The highest BCUT2D eigenvalue weighted by molar-refractivity contribution is 5.92. The topological polar surface area (TPSA) is 87.8 Å². The minimum absolute atomic E-state index is 0.0298. The molecule has 2 aliphatic heterocycles. The summed E-state index contributed by atoms with van der Waals surface area (Å²) in [5, 5.41) is 7.14. The number of piperidine rings is 1. The number of rotatable bonds is 4. The molecule has 1 aromatic heterocycles. The van der Waals surface area contributed by atoms with Gasteiger partial charge in [0.25, 0.3) is 5.91 Å². The summed E-state index contributed by atoms with van der Waals surface area (Å²) >= 11 is 0. The van der Waals surface area contributed by atoms with E-state index in [9.17, 15) is 9.59 Å². The Balaban J connectivity index is 1.73. The molecule has 0 spiro atoms. The van der Waals surface area contributed by atoms with E-state index in [-0.39, 0.29) is 24.5 Å². The second-order valence-corrected chi connectivity index (χ2v) is 6.14. The summed E-state index contributed by atoms with van der Waals surface area (Å²) in [5.74, 6) is -0.121. The van der Waals surface area contributed by atoms with Crippen LogP contribution in [0.15, 0.2) is 6.07 Å². The number of nitrogens with zero attached hydrogens (tertiary/aromatic N) is 3. The lowest BCUT2D eigenvalue weighted by Gasteiger charge is -2.34. The van der Waals surface area contributed by atoms with Crippen molar-refractivity contribution in [2.24, 2.45) is 0 Å². The molecule has 8 heteroatoms. The molecule has 0 aliphatic carbocycles. The number of methoxy groups -OCH3 is 1. The highest BCUT2D eigenvalue weighted by Gasteiger charge is 2.30. The van der Waals surface area contributed by atoms with Gasteiger partial charge in [-0.15, -0.1) is 0 Å². The van der Waals surface area contributed by atoms with E-state index in [0.29, 0.717) is 38.5 Å². The van der Waals surface area contributed by atoms with Gasteiger partial charge in [0.05, 0.1) is 24.9 Å². The van der Waals surface area contributed by atoms with Gasteiger partial charge in [0.15, 0.2) is 0 Å². The molecule has 0 aromatic carbocycles. The van der Waals surface area contributed by atoms with Crippen LogP contribution in [-0.2, 0) is 14.3 Å². The zero-order valence-corrected chi connectivity index (χ0v) is 14.0. The maximum atomic E-state index is 12.5. The molecule has 8 nitrogen and oxygen atoms in total. The zero-order valence-electron chi connectivity index (χ0n) is 14.0. The van der Waals surface area contributed by atoms with E-state index in [2.05, 4.69) is 10.2 Å². The van der Waals surface area contributed by atoms with Crippen molar-refractivity contribution in [2.75, 3.05) is 46.6 Å². The number of amides is 2. The number of carbonyl (C=O) groups excluding carboxylic acids is 2. The number of carbonyl (C=O) groups is 2. The Hall–Kier alpha value is -1.93. The summed E-state index contributed by atoms with van der Waals surface area (Å²) in [6, 6.07) is 1.71. The first kappa shape index (κ1) is 16.9. The van der Waals surface area contributed by atoms with E-state index in [4.69, 9.17) is 9.47 Å². The largest absolute Gasteiger partial charge is 0.378 e. The number of aromatic amines is 1. The molecular weight excluding hydrogens is 312 g/mol. The summed E-state index contributed by atoms with van der Waals surface area (Å²) in [7, 11) is 1.52. The van der Waals surface area contributed by atoms with Crippen LogP contribution in [0.4, 0.5) is 0 Å². The third kappa shape index (κ3) is 3.59. The lowest BCUT2D eigenvalue weighted by atomic mass is 9.99. The van der Waals surface area contributed by atoms with Crippen LogP contribution in [-0.4, -0.2) is 78.4 Å². The lowest BCUT2D eigenvalue weighted by molar-refractivity contribution is -0.139. The number of hydrogen-bond acceptors (Lipinski definition) is 5. The molecule has 2 amide bonds. The first-order chi connectivity index (χ1) is 11.7. The quantitative estimate of drug-likeness (QED) is 0.869. The number of likely N-dealkylation sites (tertiary alicyclic amines) is 1. The van der Waals surface area contributed by atoms with Gasteiger partial charge in [0.1, 0.15) is 12.3 Å². The highest BCUT2D eigenvalue weighted by atomic mass is 16.5. The van der Waals surface area contributed by atoms with Crippen LogP contribution < -0.4 is 0 Å². The minimum Gasteiger partial charge on any atom is -0.378 e. The normalized spacial score (nSPS) is 21.8.